The molecule has 3 aromatic rings. The number of aliphatic hydroxyl groups excluding tert-OH is 1. The fraction of sp³-hybridized carbons (Fsp3) is 0.472. The molecular formula is C36H42F3NO7S. The van der Waals surface area contributed by atoms with Crippen molar-refractivity contribution >= 4 is 15.8 Å². The van der Waals surface area contributed by atoms with E-state index in [4.69, 9.17) is 4.42 Å². The number of sulfonamides is 1. The van der Waals surface area contributed by atoms with Crippen molar-refractivity contribution in [2.75, 3.05) is 12.8 Å². The summed E-state index contributed by atoms with van der Waals surface area (Å²) in [6, 6.07) is 13.8. The van der Waals surface area contributed by atoms with Gasteiger partial charge in [-0.15, -0.1) is 13.2 Å². The van der Waals surface area contributed by atoms with E-state index in [1.807, 2.05) is 26.0 Å². The van der Waals surface area contributed by atoms with Gasteiger partial charge in [0.1, 0.15) is 5.75 Å². The number of alkyl halides is 3. The molecule has 48 heavy (non-hydrogen) atoms. The number of ether oxygens (including phenoxy) is 1. The molecule has 1 aromatic heterocycles. The zero-order valence-electron chi connectivity index (χ0n) is 27.3. The Morgan fingerprint density at radius 1 is 1.10 bits per heavy atom. The second kappa shape index (κ2) is 13.8. The molecule has 12 heteroatoms. The summed E-state index contributed by atoms with van der Waals surface area (Å²) in [5.41, 5.74) is 1.03. The summed E-state index contributed by atoms with van der Waals surface area (Å²) in [5, 5.41) is 23.4. The lowest BCUT2D eigenvalue weighted by atomic mass is 9.65. The number of carbonyl (C=O) groups is 1. The van der Waals surface area contributed by atoms with Crippen molar-refractivity contribution in [3.8, 4) is 5.75 Å². The van der Waals surface area contributed by atoms with Gasteiger partial charge in [-0.1, -0.05) is 42.8 Å². The van der Waals surface area contributed by atoms with Crippen LogP contribution in [0.4, 0.5) is 13.2 Å². The molecule has 8 nitrogen and oxygen atoms in total. The Bertz CT molecular complexity index is 1740. The monoisotopic (exact) mass is 689 g/mol. The van der Waals surface area contributed by atoms with Crippen LogP contribution in [0.15, 0.2) is 76.9 Å². The number of benzene rings is 2. The van der Waals surface area contributed by atoms with Crippen molar-refractivity contribution in [2.45, 2.75) is 89.3 Å². The van der Waals surface area contributed by atoms with Crippen LogP contribution in [-0.4, -0.2) is 59.6 Å². The third-order valence-electron chi connectivity index (χ3n) is 10.1. The third-order valence-corrected chi connectivity index (χ3v) is 11.3. The predicted molar refractivity (Wildman–Crippen MR) is 174 cm³/mol. The second-order valence-electron chi connectivity index (χ2n) is 13.5. The minimum Gasteiger partial charge on any atom is -0.461 e. The van der Waals surface area contributed by atoms with E-state index >= 15 is 0 Å². The average molecular weight is 690 g/mol. The Morgan fingerprint density at radius 3 is 2.48 bits per heavy atom. The van der Waals surface area contributed by atoms with Gasteiger partial charge in [-0.25, -0.2) is 8.42 Å². The zero-order valence-corrected chi connectivity index (χ0v) is 28.1. The van der Waals surface area contributed by atoms with Gasteiger partial charge in [0.25, 0.3) is 0 Å². The summed E-state index contributed by atoms with van der Waals surface area (Å²) in [5.74, 6) is -0.918. The molecule has 0 aliphatic heterocycles. The van der Waals surface area contributed by atoms with Crippen LogP contribution < -0.4 is 4.74 Å². The number of allylic oxidation sites excluding steroid dienone is 2. The van der Waals surface area contributed by atoms with Crippen LogP contribution in [0.1, 0.15) is 91.1 Å². The number of hydrogen-bond acceptors (Lipinski definition) is 7. The Kier molecular flexibility index (Phi) is 10.3. The molecule has 3 aliphatic carbocycles. The summed E-state index contributed by atoms with van der Waals surface area (Å²) in [6.45, 7) is 3.52. The van der Waals surface area contributed by atoms with E-state index in [1.54, 1.807) is 18.2 Å². The molecule has 0 spiro atoms. The maximum absolute atomic E-state index is 13.9. The summed E-state index contributed by atoms with van der Waals surface area (Å²) < 4.78 is 74.9. The molecule has 2 N–H and O–H groups in total. The first-order chi connectivity index (χ1) is 22.5. The maximum atomic E-state index is 13.9. The number of ketones is 1. The Labute approximate surface area is 279 Å². The van der Waals surface area contributed by atoms with Gasteiger partial charge >= 0.3 is 6.36 Å². The van der Waals surface area contributed by atoms with Crippen molar-refractivity contribution in [3.63, 3.8) is 0 Å². The van der Waals surface area contributed by atoms with Crippen LogP contribution in [0.25, 0.3) is 0 Å². The van der Waals surface area contributed by atoms with E-state index in [9.17, 15) is 36.6 Å². The minimum atomic E-state index is -4.86. The zero-order chi connectivity index (χ0) is 34.9. The number of rotatable bonds is 8. The molecule has 260 valence electrons. The van der Waals surface area contributed by atoms with E-state index < -0.39 is 39.3 Å². The molecule has 0 radical (unpaired) electrons. The number of fused-ring (bicyclic) bond motifs is 8. The van der Waals surface area contributed by atoms with Gasteiger partial charge in [0.2, 0.25) is 15.8 Å². The SMILES string of the molecule is CC1=CCC[C@@]2(C)[C@@H](CC[C@@]2(O)CN(Cc2ccc(OC(F)(F)F)cc2)S(C)(=O)=O)c2ccc(cc2C(=O)c2ccco2)C[C@@H](O)CC1. The number of aliphatic hydroxyl groups is 2. The predicted octanol–water partition coefficient (Wildman–Crippen LogP) is 6.91. The lowest BCUT2D eigenvalue weighted by molar-refractivity contribution is -0.274. The molecule has 1 fully saturated rings. The molecule has 2 bridgehead atoms. The normalized spacial score (nSPS) is 25.4. The van der Waals surface area contributed by atoms with Crippen LogP contribution in [0, 0.1) is 5.41 Å². The topological polar surface area (TPSA) is 117 Å². The second-order valence-corrected chi connectivity index (χ2v) is 15.5. The first-order valence-corrected chi connectivity index (χ1v) is 17.9. The number of halogens is 3. The van der Waals surface area contributed by atoms with E-state index in [2.05, 4.69) is 10.8 Å². The molecule has 4 atom stereocenters. The number of nitrogens with zero attached hydrogens (tertiary/aromatic N) is 1. The number of furan rings is 1. The quantitative estimate of drug-likeness (QED) is 0.195. The van der Waals surface area contributed by atoms with Crippen molar-refractivity contribution < 1.29 is 45.8 Å². The summed E-state index contributed by atoms with van der Waals surface area (Å²) in [7, 11) is -3.90. The first kappa shape index (κ1) is 35.8. The van der Waals surface area contributed by atoms with Crippen LogP contribution in [0.2, 0.25) is 0 Å². The molecule has 6 rings (SSSR count). The maximum Gasteiger partial charge on any atom is 0.573 e. The fourth-order valence-electron chi connectivity index (χ4n) is 7.32. The highest BCUT2D eigenvalue weighted by atomic mass is 32.2. The summed E-state index contributed by atoms with van der Waals surface area (Å²) in [4.78, 5) is 13.9. The van der Waals surface area contributed by atoms with Gasteiger partial charge in [0, 0.05) is 24.1 Å². The molecule has 1 heterocycles. The molecule has 0 amide bonds. The van der Waals surface area contributed by atoms with Crippen molar-refractivity contribution in [3.05, 3.63) is 101 Å². The standard InChI is InChI=1S/C36H42F3NO7S/c1-24-6-4-17-34(2)31(29-15-11-26(20-27(41)12-8-24)21-30(29)33(42)32-7-5-19-46-32)16-18-35(34,43)23-40(48(3,44)45)22-25-9-13-28(14-10-25)47-36(37,38)39/h5-7,9-11,13-15,19,21,27,31,41,43H,4,8,12,16-18,20,22-23H2,1-3H3/t27-,31-,34-,35+/m0/s1. The Hall–Kier alpha value is -3.45. The Morgan fingerprint density at radius 2 is 1.83 bits per heavy atom. The lowest BCUT2D eigenvalue weighted by Gasteiger charge is -2.45. The molecule has 0 saturated heterocycles. The van der Waals surface area contributed by atoms with Crippen LogP contribution in [0.5, 0.6) is 5.75 Å². The molecular weight excluding hydrogens is 647 g/mol. The summed E-state index contributed by atoms with van der Waals surface area (Å²) in [6.07, 6.45) is 2.47. The highest BCUT2D eigenvalue weighted by molar-refractivity contribution is 7.88. The van der Waals surface area contributed by atoms with E-state index in [0.29, 0.717) is 49.7 Å². The van der Waals surface area contributed by atoms with Gasteiger partial charge in [0.15, 0.2) is 5.76 Å². The molecule has 2 aromatic carbocycles. The first-order valence-electron chi connectivity index (χ1n) is 16.0. The van der Waals surface area contributed by atoms with E-state index in [0.717, 1.165) is 39.4 Å². The van der Waals surface area contributed by atoms with Gasteiger partial charge in [-0.2, -0.15) is 4.31 Å². The van der Waals surface area contributed by atoms with Crippen LogP contribution >= 0.6 is 0 Å². The van der Waals surface area contributed by atoms with Gasteiger partial charge in [0.05, 0.1) is 24.2 Å². The van der Waals surface area contributed by atoms with E-state index in [1.165, 1.54) is 18.4 Å². The van der Waals surface area contributed by atoms with Crippen molar-refractivity contribution in [2.24, 2.45) is 5.41 Å². The van der Waals surface area contributed by atoms with Gasteiger partial charge in [-0.3, -0.25) is 4.79 Å². The largest absolute Gasteiger partial charge is 0.573 e. The van der Waals surface area contributed by atoms with Crippen LogP contribution in [0.3, 0.4) is 0 Å². The third kappa shape index (κ3) is 8.05. The fourth-order valence-corrected chi connectivity index (χ4v) is 8.15. The van der Waals surface area contributed by atoms with Gasteiger partial charge < -0.3 is 19.4 Å². The molecule has 1 saturated carbocycles. The minimum absolute atomic E-state index is 0.165. The lowest BCUT2D eigenvalue weighted by Crippen LogP contribution is -2.53. The van der Waals surface area contributed by atoms with Gasteiger partial charge in [-0.05, 0) is 105 Å². The number of hydrogen-bond donors (Lipinski definition) is 2. The van der Waals surface area contributed by atoms with Crippen molar-refractivity contribution in [1.82, 2.24) is 4.31 Å². The average Bonchev–Trinajstić information content (AvgIpc) is 3.62. The Balaban J connectivity index is 1.54. The molecule has 3 aliphatic rings. The summed E-state index contributed by atoms with van der Waals surface area (Å²) >= 11 is 0. The highest BCUT2D eigenvalue weighted by Crippen LogP contribution is 2.59. The van der Waals surface area contributed by atoms with E-state index in [-0.39, 0.29) is 37.0 Å². The smallest absolute Gasteiger partial charge is 0.461 e. The highest BCUT2D eigenvalue weighted by Gasteiger charge is 2.58. The number of carbonyl (C=O) groups excluding carboxylic acids is 1. The van der Waals surface area contributed by atoms with Crippen molar-refractivity contribution in [1.29, 1.82) is 0 Å². The van der Waals surface area contributed by atoms with Crippen LogP contribution in [-0.2, 0) is 23.0 Å². The molecule has 0 unspecified atom stereocenters.